The molecule has 1 aliphatic carbocycles. The smallest absolute Gasteiger partial charge is 0.118 e. The lowest BCUT2D eigenvalue weighted by Crippen LogP contribution is -2.09. The van der Waals surface area contributed by atoms with Crippen LogP contribution in [0.4, 0.5) is 0 Å². The van der Waals surface area contributed by atoms with Crippen LogP contribution in [-0.2, 0) is 0 Å². The van der Waals surface area contributed by atoms with E-state index in [0.29, 0.717) is 17.6 Å². The van der Waals surface area contributed by atoms with Crippen LogP contribution < -0.4 is 0 Å². The van der Waals surface area contributed by atoms with Gasteiger partial charge in [-0.3, -0.25) is 0 Å². The van der Waals surface area contributed by atoms with Gasteiger partial charge in [0.15, 0.2) is 0 Å². The van der Waals surface area contributed by atoms with Gasteiger partial charge >= 0.3 is 0 Å². The van der Waals surface area contributed by atoms with E-state index in [4.69, 9.17) is 0 Å². The monoisotopic (exact) mass is 180 g/mol. The van der Waals surface area contributed by atoms with Crippen molar-refractivity contribution in [2.45, 2.75) is 40.5 Å². The molecule has 0 aromatic heterocycles. The molecule has 0 atom stereocenters. The second-order valence-corrected chi connectivity index (χ2v) is 4.38. The Morgan fingerprint density at radius 1 is 1.15 bits per heavy atom. The molecule has 0 amide bonds. The van der Waals surface area contributed by atoms with Crippen LogP contribution in [0.3, 0.4) is 0 Å². The van der Waals surface area contributed by atoms with E-state index in [1.54, 1.807) is 0 Å². The second kappa shape index (κ2) is 3.99. The normalized spacial score (nSPS) is 18.5. The van der Waals surface area contributed by atoms with E-state index in [-0.39, 0.29) is 0 Å². The Morgan fingerprint density at radius 3 is 2.23 bits per heavy atom. The van der Waals surface area contributed by atoms with Gasteiger partial charge in [-0.1, -0.05) is 33.8 Å². The predicted molar refractivity (Wildman–Crippen MR) is 56.6 cm³/mol. The zero-order valence-corrected chi connectivity index (χ0v) is 9.09. The highest BCUT2D eigenvalue weighted by molar-refractivity contribution is 5.35. The van der Waals surface area contributed by atoms with Gasteiger partial charge in [-0.25, -0.2) is 0 Å². The topological polar surface area (TPSA) is 20.2 Å². The number of rotatable bonds is 2. The Kier molecular flexibility index (Phi) is 3.18. The SMILES string of the molecule is CC(C)C1=CCCC(C(C)C)=C1O. The molecule has 0 saturated carbocycles. The highest BCUT2D eigenvalue weighted by Gasteiger charge is 2.19. The highest BCUT2D eigenvalue weighted by atomic mass is 16.3. The Hall–Kier alpha value is -0.720. The Balaban J connectivity index is 2.96. The molecule has 0 spiro atoms. The fourth-order valence-electron chi connectivity index (χ4n) is 1.85. The Bertz CT molecular complexity index is 244. The van der Waals surface area contributed by atoms with Gasteiger partial charge in [0.05, 0.1) is 0 Å². The third-order valence-electron chi connectivity index (χ3n) is 2.67. The van der Waals surface area contributed by atoms with Crippen molar-refractivity contribution >= 4 is 0 Å². The van der Waals surface area contributed by atoms with Crippen molar-refractivity contribution in [3.05, 3.63) is 23.0 Å². The summed E-state index contributed by atoms with van der Waals surface area (Å²) in [5, 5.41) is 9.98. The standard InChI is InChI=1S/C12H20O/c1-8(2)10-6-5-7-11(9(3)4)12(10)13/h6,8-9,13H,5,7H2,1-4H3. The minimum atomic E-state index is 0.439. The minimum absolute atomic E-state index is 0.439. The highest BCUT2D eigenvalue weighted by Crippen LogP contribution is 2.31. The molecule has 0 unspecified atom stereocenters. The molecule has 13 heavy (non-hydrogen) atoms. The van der Waals surface area contributed by atoms with Gasteiger partial charge in [0.2, 0.25) is 0 Å². The van der Waals surface area contributed by atoms with Gasteiger partial charge in [0.1, 0.15) is 5.76 Å². The predicted octanol–water partition coefficient (Wildman–Crippen LogP) is 3.83. The lowest BCUT2D eigenvalue weighted by atomic mass is 9.86. The molecule has 0 radical (unpaired) electrons. The summed E-state index contributed by atoms with van der Waals surface area (Å²) in [6, 6.07) is 0. The van der Waals surface area contributed by atoms with Gasteiger partial charge in [-0.2, -0.15) is 0 Å². The lowest BCUT2D eigenvalue weighted by molar-refractivity contribution is 0.386. The first-order valence-corrected chi connectivity index (χ1v) is 5.16. The zero-order chi connectivity index (χ0) is 10.0. The van der Waals surface area contributed by atoms with Crippen molar-refractivity contribution in [1.29, 1.82) is 0 Å². The first-order valence-electron chi connectivity index (χ1n) is 5.16. The largest absolute Gasteiger partial charge is 0.508 e. The zero-order valence-electron chi connectivity index (χ0n) is 9.09. The molecule has 0 aliphatic heterocycles. The average Bonchev–Trinajstić information content (AvgIpc) is 2.03. The molecule has 0 bridgehead atoms. The molecule has 1 nitrogen and oxygen atoms in total. The summed E-state index contributed by atoms with van der Waals surface area (Å²) in [7, 11) is 0. The summed E-state index contributed by atoms with van der Waals surface area (Å²) in [6.45, 7) is 8.56. The van der Waals surface area contributed by atoms with E-state index in [1.807, 2.05) is 0 Å². The number of hydrogen-bond donors (Lipinski definition) is 1. The molecule has 0 saturated heterocycles. The first-order chi connectivity index (χ1) is 6.04. The molecule has 1 heteroatoms. The summed E-state index contributed by atoms with van der Waals surface area (Å²) in [4.78, 5) is 0. The summed E-state index contributed by atoms with van der Waals surface area (Å²) >= 11 is 0. The first kappa shape index (κ1) is 10.4. The molecule has 74 valence electrons. The maximum Gasteiger partial charge on any atom is 0.118 e. The number of aliphatic hydroxyl groups is 1. The quantitative estimate of drug-likeness (QED) is 0.684. The maximum absolute atomic E-state index is 9.98. The van der Waals surface area contributed by atoms with Crippen LogP contribution >= 0.6 is 0 Å². The number of hydrogen-bond acceptors (Lipinski definition) is 1. The van der Waals surface area contributed by atoms with Crippen molar-refractivity contribution in [2.24, 2.45) is 11.8 Å². The third-order valence-corrected chi connectivity index (χ3v) is 2.67. The van der Waals surface area contributed by atoms with Crippen molar-refractivity contribution in [2.75, 3.05) is 0 Å². The molecule has 0 aromatic rings. The van der Waals surface area contributed by atoms with Gasteiger partial charge in [-0.15, -0.1) is 0 Å². The molecule has 1 N–H and O–H groups in total. The van der Waals surface area contributed by atoms with Crippen LogP contribution in [-0.4, -0.2) is 5.11 Å². The van der Waals surface area contributed by atoms with E-state index >= 15 is 0 Å². The third kappa shape index (κ3) is 2.15. The Morgan fingerprint density at radius 2 is 1.77 bits per heavy atom. The fourth-order valence-corrected chi connectivity index (χ4v) is 1.85. The molecular formula is C12H20O. The fraction of sp³-hybridized carbons (Fsp3) is 0.667. The van der Waals surface area contributed by atoms with Gasteiger partial charge < -0.3 is 5.11 Å². The Labute approximate surface area is 81.2 Å². The van der Waals surface area contributed by atoms with Crippen LogP contribution in [0, 0.1) is 11.8 Å². The maximum atomic E-state index is 9.98. The van der Waals surface area contributed by atoms with E-state index in [1.165, 1.54) is 5.57 Å². The molecule has 0 aromatic carbocycles. The molecule has 0 heterocycles. The van der Waals surface area contributed by atoms with E-state index in [0.717, 1.165) is 18.4 Å². The molecule has 1 rings (SSSR count). The van der Waals surface area contributed by atoms with Crippen LogP contribution in [0.5, 0.6) is 0 Å². The van der Waals surface area contributed by atoms with Gasteiger partial charge in [0, 0.05) is 0 Å². The van der Waals surface area contributed by atoms with Crippen LogP contribution in [0.25, 0.3) is 0 Å². The van der Waals surface area contributed by atoms with Crippen molar-refractivity contribution in [1.82, 2.24) is 0 Å². The van der Waals surface area contributed by atoms with Crippen LogP contribution in [0.15, 0.2) is 23.0 Å². The summed E-state index contributed by atoms with van der Waals surface area (Å²) in [5.74, 6) is 1.48. The van der Waals surface area contributed by atoms with E-state index in [2.05, 4.69) is 33.8 Å². The van der Waals surface area contributed by atoms with E-state index < -0.39 is 0 Å². The molecule has 1 aliphatic rings. The van der Waals surface area contributed by atoms with Gasteiger partial charge in [-0.05, 0) is 35.8 Å². The van der Waals surface area contributed by atoms with Crippen molar-refractivity contribution < 1.29 is 5.11 Å². The molecule has 0 fully saturated rings. The van der Waals surface area contributed by atoms with Crippen molar-refractivity contribution in [3.63, 3.8) is 0 Å². The average molecular weight is 180 g/mol. The summed E-state index contributed by atoms with van der Waals surface area (Å²) in [5.41, 5.74) is 2.36. The van der Waals surface area contributed by atoms with Crippen molar-refractivity contribution in [3.8, 4) is 0 Å². The van der Waals surface area contributed by atoms with Crippen LogP contribution in [0.1, 0.15) is 40.5 Å². The number of aliphatic hydroxyl groups excluding tert-OH is 1. The van der Waals surface area contributed by atoms with Crippen LogP contribution in [0.2, 0.25) is 0 Å². The second-order valence-electron chi connectivity index (χ2n) is 4.38. The molecular weight excluding hydrogens is 160 g/mol. The summed E-state index contributed by atoms with van der Waals surface area (Å²) < 4.78 is 0. The number of allylic oxidation sites excluding steroid dienone is 3. The van der Waals surface area contributed by atoms with E-state index in [9.17, 15) is 5.11 Å². The summed E-state index contributed by atoms with van der Waals surface area (Å²) in [6.07, 6.45) is 4.29. The van der Waals surface area contributed by atoms with Gasteiger partial charge in [0.25, 0.3) is 0 Å². The lowest BCUT2D eigenvalue weighted by Gasteiger charge is -2.22. The minimum Gasteiger partial charge on any atom is -0.508 e.